The summed E-state index contributed by atoms with van der Waals surface area (Å²) in [5.74, 6) is -0.186. The number of nitrogens with zero attached hydrogens (tertiary/aromatic N) is 1. The van der Waals surface area contributed by atoms with E-state index >= 15 is 0 Å². The number of carbonyl (C=O) groups is 1. The van der Waals surface area contributed by atoms with Crippen LogP contribution in [0.4, 0.5) is 0 Å². The lowest BCUT2D eigenvalue weighted by Gasteiger charge is -2.29. The van der Waals surface area contributed by atoms with E-state index in [4.69, 9.17) is 9.05 Å². The molecule has 0 spiro atoms. The predicted molar refractivity (Wildman–Crippen MR) is 376 cm³/mol. The minimum Gasteiger partial charge on any atom is -0.756 e. The van der Waals surface area contributed by atoms with E-state index < -0.39 is 20.0 Å². The van der Waals surface area contributed by atoms with Crippen LogP contribution in [0.3, 0.4) is 0 Å². The van der Waals surface area contributed by atoms with Crippen molar-refractivity contribution in [2.24, 2.45) is 0 Å². The maximum Gasteiger partial charge on any atom is 0.268 e. The van der Waals surface area contributed by atoms with Crippen LogP contribution in [0, 0.1) is 0 Å². The molecule has 1 amide bonds. The lowest BCUT2D eigenvalue weighted by atomic mass is 10.0. The second kappa shape index (κ2) is 68.6. The van der Waals surface area contributed by atoms with Crippen molar-refractivity contribution in [1.82, 2.24) is 5.32 Å². The van der Waals surface area contributed by atoms with Crippen LogP contribution in [0.1, 0.15) is 425 Å². The molecule has 3 unspecified atom stereocenters. The Balaban J connectivity index is 3.92. The Hall–Kier alpha value is -0.760. The van der Waals surface area contributed by atoms with Crippen LogP contribution >= 0.6 is 7.82 Å². The Morgan fingerprint density at radius 2 is 0.628 bits per heavy atom. The SMILES string of the molecule is CCCCCCCCCCCCCCCCCCCCCCCCCCC/C=C/C(O)C(COP(=O)([O-])OCC[N+](C)(C)C)NC(=O)CCCCCCCCCCCCCCCCCCCCCCCCCCCCCCCCCCCCCCC. The van der Waals surface area contributed by atoms with Gasteiger partial charge in [0.2, 0.25) is 5.91 Å². The molecule has 0 rings (SSSR count). The molecule has 0 bridgehead atoms. The van der Waals surface area contributed by atoms with Crippen LogP contribution in [0.25, 0.3) is 0 Å². The molecular formula is C77H155N2O6P. The molecule has 3 atom stereocenters. The highest BCUT2D eigenvalue weighted by molar-refractivity contribution is 7.45. The van der Waals surface area contributed by atoms with Crippen LogP contribution in [-0.4, -0.2) is 68.5 Å². The number of amides is 1. The number of phosphoric ester groups is 1. The van der Waals surface area contributed by atoms with E-state index in [-0.39, 0.29) is 19.1 Å². The van der Waals surface area contributed by atoms with Crippen LogP contribution in [-0.2, 0) is 18.4 Å². The molecule has 0 aromatic carbocycles. The second-order valence-electron chi connectivity index (χ2n) is 28.4. The molecule has 0 aliphatic carbocycles. The van der Waals surface area contributed by atoms with Gasteiger partial charge in [0.15, 0.2) is 0 Å². The molecule has 0 fully saturated rings. The van der Waals surface area contributed by atoms with Gasteiger partial charge in [0.1, 0.15) is 13.2 Å². The molecule has 0 saturated heterocycles. The zero-order valence-corrected chi connectivity index (χ0v) is 60.0. The summed E-state index contributed by atoms with van der Waals surface area (Å²) in [4.78, 5) is 25.7. The first-order valence-electron chi connectivity index (χ1n) is 39.1. The number of aliphatic hydroxyl groups excluding tert-OH is 1. The summed E-state index contributed by atoms with van der Waals surface area (Å²) in [6, 6.07) is -0.884. The number of phosphoric acid groups is 1. The molecule has 0 aromatic rings. The van der Waals surface area contributed by atoms with Crippen LogP contribution in [0.2, 0.25) is 0 Å². The van der Waals surface area contributed by atoms with Crippen molar-refractivity contribution in [3.05, 3.63) is 12.2 Å². The van der Waals surface area contributed by atoms with Crippen LogP contribution < -0.4 is 10.2 Å². The largest absolute Gasteiger partial charge is 0.756 e. The number of allylic oxidation sites excluding steroid dienone is 1. The zero-order valence-electron chi connectivity index (χ0n) is 59.1. The molecule has 0 saturated carbocycles. The van der Waals surface area contributed by atoms with Gasteiger partial charge in [-0.3, -0.25) is 9.36 Å². The van der Waals surface area contributed by atoms with Crippen molar-refractivity contribution < 1.29 is 32.9 Å². The Kier molecular flexibility index (Phi) is 68.0. The van der Waals surface area contributed by atoms with Gasteiger partial charge in [-0.15, -0.1) is 0 Å². The first-order valence-corrected chi connectivity index (χ1v) is 40.5. The van der Waals surface area contributed by atoms with Crippen LogP contribution in [0.15, 0.2) is 12.2 Å². The first-order chi connectivity index (χ1) is 42.0. The number of quaternary nitrogens is 1. The lowest BCUT2D eigenvalue weighted by Crippen LogP contribution is -2.45. The lowest BCUT2D eigenvalue weighted by molar-refractivity contribution is -0.870. The van der Waals surface area contributed by atoms with Crippen molar-refractivity contribution in [1.29, 1.82) is 0 Å². The number of likely N-dealkylation sites (N-methyl/N-ethyl adjacent to an activating group) is 1. The van der Waals surface area contributed by atoms with Gasteiger partial charge in [-0.2, -0.15) is 0 Å². The zero-order chi connectivity index (χ0) is 62.6. The molecule has 9 heteroatoms. The smallest absolute Gasteiger partial charge is 0.268 e. The van der Waals surface area contributed by atoms with Crippen molar-refractivity contribution >= 4 is 13.7 Å². The molecule has 0 aliphatic rings. The molecule has 0 aliphatic heterocycles. The molecule has 86 heavy (non-hydrogen) atoms. The van der Waals surface area contributed by atoms with Crippen molar-refractivity contribution in [2.45, 2.75) is 437 Å². The Morgan fingerprint density at radius 1 is 0.395 bits per heavy atom. The van der Waals surface area contributed by atoms with Crippen molar-refractivity contribution in [3.63, 3.8) is 0 Å². The van der Waals surface area contributed by atoms with Crippen molar-refractivity contribution in [2.75, 3.05) is 40.9 Å². The Morgan fingerprint density at radius 3 is 0.872 bits per heavy atom. The average Bonchev–Trinajstić information content (AvgIpc) is 3.70. The summed E-state index contributed by atoms with van der Waals surface area (Å²) in [7, 11) is 1.29. The normalized spacial score (nSPS) is 13.5. The van der Waals surface area contributed by atoms with E-state index in [1.807, 2.05) is 27.2 Å². The number of nitrogens with one attached hydrogen (secondary N) is 1. The molecule has 0 heterocycles. The van der Waals surface area contributed by atoms with E-state index in [0.717, 1.165) is 38.5 Å². The summed E-state index contributed by atoms with van der Waals surface area (Å²) in [5.41, 5.74) is 0. The average molecular weight is 1240 g/mol. The van der Waals surface area contributed by atoms with E-state index in [0.29, 0.717) is 17.4 Å². The maximum absolute atomic E-state index is 13.1. The monoisotopic (exact) mass is 1240 g/mol. The third-order valence-corrected chi connectivity index (χ3v) is 19.5. The highest BCUT2D eigenvalue weighted by Crippen LogP contribution is 2.38. The van der Waals surface area contributed by atoms with Gasteiger partial charge >= 0.3 is 0 Å². The third kappa shape index (κ3) is 70.7. The van der Waals surface area contributed by atoms with Gasteiger partial charge in [-0.05, 0) is 19.3 Å². The van der Waals surface area contributed by atoms with Gasteiger partial charge < -0.3 is 28.8 Å². The second-order valence-corrected chi connectivity index (χ2v) is 29.8. The number of rotatable bonds is 74. The third-order valence-electron chi connectivity index (χ3n) is 18.5. The number of hydrogen-bond acceptors (Lipinski definition) is 6. The maximum atomic E-state index is 13.1. The summed E-state index contributed by atoms with van der Waals surface area (Å²) >= 11 is 0. The summed E-state index contributed by atoms with van der Waals surface area (Å²) in [6.07, 6.45) is 89.5. The van der Waals surface area contributed by atoms with Gasteiger partial charge in [-0.1, -0.05) is 411 Å². The van der Waals surface area contributed by atoms with E-state index in [9.17, 15) is 19.4 Å². The Labute approximate surface area is 539 Å². The minimum atomic E-state index is -4.60. The quantitative estimate of drug-likeness (QED) is 0.0272. The summed E-state index contributed by atoms with van der Waals surface area (Å²) in [5, 5.41) is 14.0. The fourth-order valence-electron chi connectivity index (χ4n) is 12.5. The highest BCUT2D eigenvalue weighted by atomic mass is 31.2. The topological polar surface area (TPSA) is 108 Å². The molecule has 0 radical (unpaired) electrons. The molecule has 2 N–H and O–H groups in total. The predicted octanol–water partition coefficient (Wildman–Crippen LogP) is 24.6. The summed E-state index contributed by atoms with van der Waals surface area (Å²) in [6.45, 7) is 4.73. The summed E-state index contributed by atoms with van der Waals surface area (Å²) < 4.78 is 23.5. The number of aliphatic hydroxyl groups is 1. The minimum absolute atomic E-state index is 0.00312. The molecular weight excluding hydrogens is 1080 g/mol. The van der Waals surface area contributed by atoms with Gasteiger partial charge in [0, 0.05) is 6.42 Å². The Bertz CT molecular complexity index is 1410. The first kappa shape index (κ1) is 85.2. The van der Waals surface area contributed by atoms with E-state index in [2.05, 4.69) is 19.2 Å². The van der Waals surface area contributed by atoms with E-state index in [1.54, 1.807) is 6.08 Å². The van der Waals surface area contributed by atoms with Crippen molar-refractivity contribution in [3.8, 4) is 0 Å². The van der Waals surface area contributed by atoms with Crippen LogP contribution in [0.5, 0.6) is 0 Å². The number of carbonyl (C=O) groups excluding carboxylic acids is 1. The fourth-order valence-corrected chi connectivity index (χ4v) is 13.2. The highest BCUT2D eigenvalue weighted by Gasteiger charge is 2.23. The van der Waals surface area contributed by atoms with E-state index in [1.165, 1.54) is 366 Å². The fraction of sp³-hybridized carbons (Fsp3) is 0.961. The number of unbranched alkanes of at least 4 members (excludes halogenated alkanes) is 61. The standard InChI is InChI=1S/C77H155N2O6P/c1-6-8-10-12-14-16-18-20-22-24-26-28-30-32-34-35-36-37-38-39-40-41-42-43-45-47-49-51-53-55-57-59-61-63-65-67-69-71-77(81)78-75(74-85-86(82,83)84-73-72-79(3,4)5)76(80)70-68-66-64-62-60-58-56-54-52-50-48-46-44-33-31-29-27-25-23-21-19-17-15-13-11-9-7-2/h68,70,75-76,80H,6-67,69,71-74H2,1-5H3,(H-,78,81,82,83)/b70-68+. The van der Waals surface area contributed by atoms with Gasteiger partial charge in [-0.25, -0.2) is 0 Å². The number of hydrogen-bond donors (Lipinski definition) is 2. The molecule has 514 valence electrons. The molecule has 0 aromatic heterocycles. The molecule has 8 nitrogen and oxygen atoms in total. The van der Waals surface area contributed by atoms with Gasteiger partial charge in [0.25, 0.3) is 7.82 Å². The van der Waals surface area contributed by atoms with Gasteiger partial charge in [0.05, 0.1) is 39.9 Å².